The Morgan fingerprint density at radius 2 is 1.12 bits per heavy atom. The minimum absolute atomic E-state index is 0.168. The Hall–Kier alpha value is -1.64. The molecule has 1 heterocycles. The van der Waals surface area contributed by atoms with Gasteiger partial charge in [-0.05, 0) is 68.0 Å². The van der Waals surface area contributed by atoms with E-state index < -0.39 is 0 Å². The monoisotopic (exact) mass is 388 g/mol. The third-order valence-corrected chi connectivity index (χ3v) is 6.02. The summed E-state index contributed by atoms with van der Waals surface area (Å²) in [5.41, 5.74) is 7.05. The zero-order valence-corrected chi connectivity index (χ0v) is 17.8. The zero-order valence-electron chi connectivity index (χ0n) is 16.3. The number of benzene rings is 2. The van der Waals surface area contributed by atoms with Gasteiger partial charge in [0.15, 0.2) is 0 Å². The van der Waals surface area contributed by atoms with Crippen LogP contribution in [0, 0.1) is 33.6 Å². The molecule has 4 heteroatoms. The molecule has 0 unspecified atom stereocenters. The molecule has 138 valence electrons. The zero-order chi connectivity index (χ0) is 19.2. The molecule has 0 radical (unpaired) electrons. The first kappa shape index (κ1) is 19.1. The second-order valence-electron chi connectivity index (χ2n) is 7.45. The van der Waals surface area contributed by atoms with Gasteiger partial charge in [-0.25, -0.2) is 0 Å². The van der Waals surface area contributed by atoms with Crippen molar-refractivity contribution in [2.75, 3.05) is 9.80 Å². The molecule has 0 atom stereocenters. The molecule has 0 saturated heterocycles. The summed E-state index contributed by atoms with van der Waals surface area (Å²) in [5.74, 6) is 0.403. The molecule has 2 aromatic carbocycles. The maximum atomic E-state index is 6.43. The number of anilines is 2. The van der Waals surface area contributed by atoms with Crippen molar-refractivity contribution >= 4 is 34.6 Å². The lowest BCUT2D eigenvalue weighted by Crippen LogP contribution is -2.44. The van der Waals surface area contributed by atoms with Crippen molar-refractivity contribution in [3.05, 3.63) is 69.0 Å². The quantitative estimate of drug-likeness (QED) is 0.557. The molecule has 0 spiro atoms. The summed E-state index contributed by atoms with van der Waals surface area (Å²) in [6.07, 6.45) is 4.49. The summed E-state index contributed by atoms with van der Waals surface area (Å²) >= 11 is 12.9. The van der Waals surface area contributed by atoms with E-state index in [1.165, 1.54) is 22.5 Å². The van der Waals surface area contributed by atoms with E-state index in [1.807, 2.05) is 12.1 Å². The molecule has 0 aromatic heterocycles. The van der Waals surface area contributed by atoms with E-state index in [4.69, 9.17) is 23.2 Å². The van der Waals surface area contributed by atoms with Crippen LogP contribution in [0.4, 0.5) is 11.4 Å². The summed E-state index contributed by atoms with van der Waals surface area (Å²) in [7, 11) is 0. The first-order valence-electron chi connectivity index (χ1n) is 9.00. The van der Waals surface area contributed by atoms with E-state index in [-0.39, 0.29) is 6.17 Å². The highest BCUT2D eigenvalue weighted by Crippen LogP contribution is 2.41. The standard InChI is InChI=1S/C22H26Cl2N2/c1-13(2)22-25(20-14(3)7-9-18(23)16(20)5)11-12-26(22)21-15(4)8-10-19(24)17(21)6/h7-13,22H,1-6H3. The van der Waals surface area contributed by atoms with Gasteiger partial charge in [-0.1, -0.05) is 49.2 Å². The number of nitrogens with zero attached hydrogens (tertiary/aromatic N) is 2. The van der Waals surface area contributed by atoms with Gasteiger partial charge in [0, 0.05) is 33.8 Å². The Kier molecular flexibility index (Phi) is 5.28. The van der Waals surface area contributed by atoms with E-state index in [1.54, 1.807) is 0 Å². The number of hydrogen-bond acceptors (Lipinski definition) is 2. The van der Waals surface area contributed by atoms with E-state index >= 15 is 0 Å². The smallest absolute Gasteiger partial charge is 0.112 e. The highest BCUT2D eigenvalue weighted by Gasteiger charge is 2.34. The fraction of sp³-hybridized carbons (Fsp3) is 0.364. The van der Waals surface area contributed by atoms with Crippen LogP contribution in [0.5, 0.6) is 0 Å². The first-order chi connectivity index (χ1) is 12.2. The van der Waals surface area contributed by atoms with Crippen LogP contribution in [0.25, 0.3) is 0 Å². The maximum absolute atomic E-state index is 6.43. The van der Waals surface area contributed by atoms with Gasteiger partial charge in [0.1, 0.15) is 6.17 Å². The lowest BCUT2D eigenvalue weighted by atomic mass is 10.0. The molecule has 1 aliphatic heterocycles. The molecular formula is C22H26Cl2N2. The summed E-state index contributed by atoms with van der Waals surface area (Å²) in [6.45, 7) is 13.0. The lowest BCUT2D eigenvalue weighted by molar-refractivity contribution is 0.499. The SMILES string of the molecule is Cc1ccc(Cl)c(C)c1N1C=CN(c2c(C)ccc(Cl)c2C)C1C(C)C. The average Bonchev–Trinajstić information content (AvgIpc) is 3.00. The molecule has 0 aliphatic carbocycles. The largest absolute Gasteiger partial charge is 0.324 e. The molecule has 3 rings (SSSR count). The van der Waals surface area contributed by atoms with Gasteiger partial charge in [-0.2, -0.15) is 0 Å². The van der Waals surface area contributed by atoms with Crippen LogP contribution in [-0.4, -0.2) is 6.17 Å². The molecule has 2 nitrogen and oxygen atoms in total. The number of halogens is 2. The van der Waals surface area contributed by atoms with Crippen LogP contribution >= 0.6 is 23.2 Å². The predicted molar refractivity (Wildman–Crippen MR) is 115 cm³/mol. The van der Waals surface area contributed by atoms with Gasteiger partial charge >= 0.3 is 0 Å². The molecule has 1 aliphatic rings. The fourth-order valence-electron chi connectivity index (χ4n) is 3.93. The Bertz CT molecular complexity index is 803. The summed E-state index contributed by atoms with van der Waals surface area (Å²) in [5, 5.41) is 1.60. The number of hydrogen-bond donors (Lipinski definition) is 0. The normalized spacial score (nSPS) is 14.8. The van der Waals surface area contributed by atoms with Crippen molar-refractivity contribution in [3.8, 4) is 0 Å². The van der Waals surface area contributed by atoms with Crippen molar-refractivity contribution in [3.63, 3.8) is 0 Å². The van der Waals surface area contributed by atoms with Crippen molar-refractivity contribution in [2.24, 2.45) is 5.92 Å². The third kappa shape index (κ3) is 3.10. The molecular weight excluding hydrogens is 363 g/mol. The highest BCUT2D eigenvalue weighted by molar-refractivity contribution is 6.32. The summed E-state index contributed by atoms with van der Waals surface area (Å²) in [4.78, 5) is 4.70. The van der Waals surface area contributed by atoms with Gasteiger partial charge in [0.2, 0.25) is 0 Å². The molecule has 0 bridgehead atoms. The second-order valence-corrected chi connectivity index (χ2v) is 8.26. The lowest BCUT2D eigenvalue weighted by Gasteiger charge is -2.38. The van der Waals surface area contributed by atoms with E-state index in [9.17, 15) is 0 Å². The predicted octanol–water partition coefficient (Wildman–Crippen LogP) is 7.01. The fourth-order valence-corrected chi connectivity index (χ4v) is 4.23. The van der Waals surface area contributed by atoms with Crippen molar-refractivity contribution in [2.45, 2.75) is 47.7 Å². The molecule has 0 saturated carbocycles. The Morgan fingerprint density at radius 1 is 0.731 bits per heavy atom. The highest BCUT2D eigenvalue weighted by atomic mass is 35.5. The average molecular weight is 389 g/mol. The van der Waals surface area contributed by atoms with Crippen molar-refractivity contribution in [1.82, 2.24) is 0 Å². The molecule has 26 heavy (non-hydrogen) atoms. The first-order valence-corrected chi connectivity index (χ1v) is 9.76. The topological polar surface area (TPSA) is 6.48 Å². The van der Waals surface area contributed by atoms with Gasteiger partial charge in [-0.3, -0.25) is 0 Å². The Morgan fingerprint density at radius 3 is 1.46 bits per heavy atom. The van der Waals surface area contributed by atoms with Crippen LogP contribution in [0.2, 0.25) is 10.0 Å². The molecule has 0 N–H and O–H groups in total. The van der Waals surface area contributed by atoms with Crippen LogP contribution in [0.15, 0.2) is 36.7 Å². The Labute approximate surface area is 167 Å². The number of aryl methyl sites for hydroxylation is 2. The minimum Gasteiger partial charge on any atom is -0.324 e. The van der Waals surface area contributed by atoms with Gasteiger partial charge < -0.3 is 9.80 Å². The van der Waals surface area contributed by atoms with E-state index in [0.717, 1.165) is 21.2 Å². The third-order valence-electron chi connectivity index (χ3n) is 5.20. The van der Waals surface area contributed by atoms with E-state index in [2.05, 4.69) is 75.9 Å². The second kappa shape index (κ2) is 7.17. The van der Waals surface area contributed by atoms with Crippen LogP contribution < -0.4 is 9.80 Å². The van der Waals surface area contributed by atoms with Crippen LogP contribution in [0.1, 0.15) is 36.1 Å². The maximum Gasteiger partial charge on any atom is 0.112 e. The van der Waals surface area contributed by atoms with E-state index in [0.29, 0.717) is 5.92 Å². The van der Waals surface area contributed by atoms with Gasteiger partial charge in [-0.15, -0.1) is 0 Å². The van der Waals surface area contributed by atoms with Crippen molar-refractivity contribution in [1.29, 1.82) is 0 Å². The summed E-state index contributed by atoms with van der Waals surface area (Å²) in [6, 6.07) is 8.13. The van der Waals surface area contributed by atoms with Gasteiger partial charge in [0.25, 0.3) is 0 Å². The van der Waals surface area contributed by atoms with Crippen molar-refractivity contribution < 1.29 is 0 Å². The molecule has 2 aromatic rings. The minimum atomic E-state index is 0.168. The summed E-state index contributed by atoms with van der Waals surface area (Å²) < 4.78 is 0. The van der Waals surface area contributed by atoms with Crippen LogP contribution in [0.3, 0.4) is 0 Å². The molecule has 0 fully saturated rings. The molecule has 0 amide bonds. The number of rotatable bonds is 3. The van der Waals surface area contributed by atoms with Crippen LogP contribution in [-0.2, 0) is 0 Å². The van der Waals surface area contributed by atoms with Gasteiger partial charge in [0.05, 0.1) is 0 Å². The Balaban J connectivity index is 2.13.